The summed E-state index contributed by atoms with van der Waals surface area (Å²) >= 11 is 0. The van der Waals surface area contributed by atoms with Gasteiger partial charge >= 0.3 is 0 Å². The normalized spacial score (nSPS) is 30.1. The van der Waals surface area contributed by atoms with Crippen molar-refractivity contribution in [3.05, 3.63) is 30.6 Å². The van der Waals surface area contributed by atoms with E-state index in [0.29, 0.717) is 0 Å². The van der Waals surface area contributed by atoms with Gasteiger partial charge in [0.25, 0.3) is 0 Å². The summed E-state index contributed by atoms with van der Waals surface area (Å²) in [5, 5.41) is 36.1. The molecule has 1 aliphatic rings. The third kappa shape index (κ3) is 3.09. The first-order valence-corrected chi connectivity index (χ1v) is 5.82. The summed E-state index contributed by atoms with van der Waals surface area (Å²) in [7, 11) is 0. The Morgan fingerprint density at radius 2 is 2.00 bits per heavy atom. The van der Waals surface area contributed by atoms with Crippen molar-refractivity contribution in [3.63, 3.8) is 0 Å². The Kier molecular flexibility index (Phi) is 4.46. The number of aromatic amines is 1. The molecular weight excluding hydrogens is 252 g/mol. The predicted molar refractivity (Wildman–Crippen MR) is 66.1 cm³/mol. The average molecular weight is 268 g/mol. The van der Waals surface area contributed by atoms with Crippen LogP contribution in [0.2, 0.25) is 0 Å². The number of ether oxygens (including phenoxy) is 1. The maximum atomic E-state index is 8.93. The van der Waals surface area contributed by atoms with E-state index in [4.69, 9.17) is 20.4 Å². The molecule has 5 N–H and O–H groups in total. The van der Waals surface area contributed by atoms with E-state index in [1.807, 2.05) is 24.4 Å². The summed E-state index contributed by atoms with van der Waals surface area (Å²) in [6, 6.07) is 5.96. The maximum Gasteiger partial charge on any atom is 0.184 e. The molecule has 0 bridgehead atoms. The molecule has 19 heavy (non-hydrogen) atoms. The third-order valence-corrected chi connectivity index (χ3v) is 2.84. The Hall–Kier alpha value is -1.51. The molecule has 0 amide bonds. The molecule has 7 heteroatoms. The summed E-state index contributed by atoms with van der Waals surface area (Å²) in [4.78, 5) is 7.09. The van der Waals surface area contributed by atoms with Crippen molar-refractivity contribution >= 4 is 11.0 Å². The van der Waals surface area contributed by atoms with E-state index in [-0.39, 0.29) is 0 Å². The van der Waals surface area contributed by atoms with Crippen molar-refractivity contribution in [1.82, 2.24) is 9.97 Å². The lowest BCUT2D eigenvalue weighted by molar-refractivity contribution is -0.132. The van der Waals surface area contributed by atoms with Crippen LogP contribution in [-0.2, 0) is 4.74 Å². The Morgan fingerprint density at radius 3 is 2.53 bits per heavy atom. The number of fused-ring (bicyclic) bond motifs is 1. The Bertz CT molecular complexity index is 487. The minimum Gasteiger partial charge on any atom is -0.394 e. The molecule has 4 atom stereocenters. The van der Waals surface area contributed by atoms with Crippen molar-refractivity contribution in [3.8, 4) is 0 Å². The number of hydrogen-bond donors (Lipinski definition) is 5. The molecule has 0 saturated carbocycles. The van der Waals surface area contributed by atoms with E-state index in [9.17, 15) is 0 Å². The SMILES string of the molecule is OC[C@H]1OC(O)[C@H](O)[C@@H]1O.c1cnc2[nH]ccc2c1. The van der Waals surface area contributed by atoms with Crippen LogP contribution in [0.1, 0.15) is 0 Å². The second-order valence-electron chi connectivity index (χ2n) is 4.15. The van der Waals surface area contributed by atoms with Crippen molar-refractivity contribution < 1.29 is 25.2 Å². The second-order valence-corrected chi connectivity index (χ2v) is 4.15. The lowest BCUT2D eigenvalue weighted by Crippen LogP contribution is -2.33. The van der Waals surface area contributed by atoms with E-state index in [0.717, 1.165) is 11.0 Å². The summed E-state index contributed by atoms with van der Waals surface area (Å²) < 4.78 is 4.54. The van der Waals surface area contributed by atoms with Crippen molar-refractivity contribution in [2.24, 2.45) is 0 Å². The quantitative estimate of drug-likeness (QED) is 0.452. The van der Waals surface area contributed by atoms with Crippen LogP contribution >= 0.6 is 0 Å². The van der Waals surface area contributed by atoms with Crippen LogP contribution in [0.4, 0.5) is 0 Å². The van der Waals surface area contributed by atoms with Crippen LogP contribution in [0.5, 0.6) is 0 Å². The van der Waals surface area contributed by atoms with Gasteiger partial charge in [0.05, 0.1) is 6.61 Å². The van der Waals surface area contributed by atoms with Crippen LogP contribution in [0, 0.1) is 0 Å². The molecule has 3 rings (SSSR count). The Labute approximate surface area is 109 Å². The molecule has 1 saturated heterocycles. The monoisotopic (exact) mass is 268 g/mol. The highest BCUT2D eigenvalue weighted by molar-refractivity contribution is 5.74. The minimum absolute atomic E-state index is 0.407. The number of pyridine rings is 1. The first-order valence-electron chi connectivity index (χ1n) is 5.82. The van der Waals surface area contributed by atoms with E-state index < -0.39 is 31.2 Å². The van der Waals surface area contributed by atoms with Gasteiger partial charge < -0.3 is 30.1 Å². The van der Waals surface area contributed by atoms with E-state index in [1.54, 1.807) is 6.20 Å². The number of hydrogen-bond acceptors (Lipinski definition) is 6. The topological polar surface area (TPSA) is 119 Å². The number of aliphatic hydroxyl groups excluding tert-OH is 4. The number of H-pyrrole nitrogens is 1. The van der Waals surface area contributed by atoms with Crippen LogP contribution in [0.3, 0.4) is 0 Å². The van der Waals surface area contributed by atoms with E-state index in [1.165, 1.54) is 0 Å². The fraction of sp³-hybridized carbons (Fsp3) is 0.417. The lowest BCUT2D eigenvalue weighted by Gasteiger charge is -2.09. The molecule has 1 aliphatic heterocycles. The highest BCUT2D eigenvalue weighted by Crippen LogP contribution is 2.18. The molecule has 2 aromatic heterocycles. The van der Waals surface area contributed by atoms with Gasteiger partial charge in [-0.2, -0.15) is 0 Å². The van der Waals surface area contributed by atoms with Crippen molar-refractivity contribution in [2.75, 3.05) is 6.61 Å². The number of aliphatic hydroxyl groups is 4. The van der Waals surface area contributed by atoms with Crippen LogP contribution < -0.4 is 0 Å². The smallest absolute Gasteiger partial charge is 0.184 e. The third-order valence-electron chi connectivity index (χ3n) is 2.84. The minimum atomic E-state index is -1.38. The summed E-state index contributed by atoms with van der Waals surface area (Å²) in [6.45, 7) is -0.407. The van der Waals surface area contributed by atoms with Crippen LogP contribution in [0.25, 0.3) is 11.0 Å². The first kappa shape index (κ1) is 13.9. The molecule has 7 nitrogen and oxygen atoms in total. The number of rotatable bonds is 1. The zero-order valence-corrected chi connectivity index (χ0v) is 10.0. The van der Waals surface area contributed by atoms with Crippen molar-refractivity contribution in [2.45, 2.75) is 24.6 Å². The predicted octanol–water partition coefficient (Wildman–Crippen LogP) is -1.02. The first-order chi connectivity index (χ1) is 9.13. The van der Waals surface area contributed by atoms with Gasteiger partial charge in [0, 0.05) is 17.8 Å². The molecule has 104 valence electrons. The fourth-order valence-corrected chi connectivity index (χ4v) is 1.76. The Balaban J connectivity index is 0.000000141. The standard InChI is InChI=1S/C7H6N2.C5H10O5/c1-2-6-3-5-9-7(6)8-4-1;6-1-2-3(7)4(8)5(9)10-2/h1-5H,(H,8,9);2-9H,1H2/t;2-,3-,4-,5?/m.1/s1. The zero-order chi connectivity index (χ0) is 13.8. The molecule has 0 radical (unpaired) electrons. The fourth-order valence-electron chi connectivity index (χ4n) is 1.76. The molecule has 0 aliphatic carbocycles. The summed E-state index contributed by atoms with van der Waals surface area (Å²) in [5.41, 5.74) is 0.956. The van der Waals surface area contributed by atoms with Gasteiger partial charge in [0.2, 0.25) is 0 Å². The molecule has 3 heterocycles. The second kappa shape index (κ2) is 6.09. The van der Waals surface area contributed by atoms with Gasteiger partial charge in [-0.25, -0.2) is 4.98 Å². The zero-order valence-electron chi connectivity index (χ0n) is 10.0. The van der Waals surface area contributed by atoms with Gasteiger partial charge in [-0.1, -0.05) is 0 Å². The van der Waals surface area contributed by atoms with Crippen molar-refractivity contribution in [1.29, 1.82) is 0 Å². The van der Waals surface area contributed by atoms with Gasteiger partial charge in [-0.05, 0) is 18.2 Å². The maximum absolute atomic E-state index is 8.93. The largest absolute Gasteiger partial charge is 0.394 e. The molecule has 1 unspecified atom stereocenters. The summed E-state index contributed by atoms with van der Waals surface area (Å²) in [6.07, 6.45) is -1.09. The van der Waals surface area contributed by atoms with Gasteiger partial charge in [0.1, 0.15) is 24.0 Å². The number of nitrogens with zero attached hydrogens (tertiary/aromatic N) is 1. The van der Waals surface area contributed by atoms with Gasteiger partial charge in [-0.15, -0.1) is 0 Å². The molecular formula is C12H16N2O5. The van der Waals surface area contributed by atoms with E-state index in [2.05, 4.69) is 14.7 Å². The van der Waals surface area contributed by atoms with Crippen LogP contribution in [0.15, 0.2) is 30.6 Å². The van der Waals surface area contributed by atoms with Crippen LogP contribution in [-0.4, -0.2) is 61.6 Å². The summed E-state index contributed by atoms with van der Waals surface area (Å²) in [5.74, 6) is 0. The average Bonchev–Trinajstić information content (AvgIpc) is 3.00. The van der Waals surface area contributed by atoms with Gasteiger partial charge in [0.15, 0.2) is 6.29 Å². The molecule has 0 spiro atoms. The molecule has 1 fully saturated rings. The number of nitrogens with one attached hydrogen (secondary N) is 1. The van der Waals surface area contributed by atoms with Gasteiger partial charge in [-0.3, -0.25) is 0 Å². The molecule has 0 aromatic carbocycles. The lowest BCUT2D eigenvalue weighted by atomic mass is 10.1. The Morgan fingerprint density at radius 1 is 1.21 bits per heavy atom. The van der Waals surface area contributed by atoms with E-state index >= 15 is 0 Å². The highest BCUT2D eigenvalue weighted by Gasteiger charge is 2.41. The molecule has 2 aromatic rings. The number of aromatic nitrogens is 2. The highest BCUT2D eigenvalue weighted by atomic mass is 16.6.